The average Bonchev–Trinajstić information content (AvgIpc) is 2.15. The Balaban J connectivity index is 2.62. The number of hydrogen-bond donors (Lipinski definition) is 1. The zero-order chi connectivity index (χ0) is 9.68. The third-order valence-electron chi connectivity index (χ3n) is 1.91. The minimum absolute atomic E-state index is 0.260. The van der Waals surface area contributed by atoms with Gasteiger partial charge >= 0.3 is 0 Å². The van der Waals surface area contributed by atoms with E-state index in [-0.39, 0.29) is 17.7 Å². The molecule has 0 heterocycles. The van der Waals surface area contributed by atoms with Crippen LogP contribution in [0, 0.1) is 5.92 Å². The normalized spacial score (nSPS) is 12.4. The number of carbonyl (C=O) groups is 1. The van der Waals surface area contributed by atoms with Crippen molar-refractivity contribution < 1.29 is 4.79 Å². The van der Waals surface area contributed by atoms with E-state index >= 15 is 0 Å². The molecule has 0 bridgehead atoms. The first-order valence-corrected chi connectivity index (χ1v) is 4.66. The molecule has 0 aliphatic heterocycles. The van der Waals surface area contributed by atoms with Crippen LogP contribution < -0.4 is 5.73 Å². The fraction of sp³-hybridized carbons (Fsp3) is 0.300. The summed E-state index contributed by atoms with van der Waals surface area (Å²) in [5.74, 6) is -0.313. The molecule has 0 spiro atoms. The summed E-state index contributed by atoms with van der Waals surface area (Å²) >= 11 is 5.61. The molecule has 0 aliphatic carbocycles. The van der Waals surface area contributed by atoms with Crippen molar-refractivity contribution in [2.45, 2.75) is 6.42 Å². The van der Waals surface area contributed by atoms with E-state index in [1.807, 2.05) is 30.3 Å². The fourth-order valence-corrected chi connectivity index (χ4v) is 1.39. The first-order chi connectivity index (χ1) is 6.24. The average molecular weight is 198 g/mol. The van der Waals surface area contributed by atoms with Gasteiger partial charge in [0.05, 0.1) is 5.92 Å². The van der Waals surface area contributed by atoms with Gasteiger partial charge < -0.3 is 5.73 Å². The van der Waals surface area contributed by atoms with Crippen LogP contribution >= 0.6 is 11.6 Å². The van der Waals surface area contributed by atoms with E-state index in [0.29, 0.717) is 6.42 Å². The summed E-state index contributed by atoms with van der Waals surface area (Å²) in [5, 5.41) is 0. The monoisotopic (exact) mass is 197 g/mol. The number of carbonyl (C=O) groups excluding carboxylic acids is 1. The van der Waals surface area contributed by atoms with Gasteiger partial charge in [0.1, 0.15) is 0 Å². The molecule has 0 saturated carbocycles. The Morgan fingerprint density at radius 3 is 2.46 bits per heavy atom. The van der Waals surface area contributed by atoms with Crippen LogP contribution in [0.5, 0.6) is 0 Å². The zero-order valence-electron chi connectivity index (χ0n) is 7.24. The van der Waals surface area contributed by atoms with E-state index in [4.69, 9.17) is 17.3 Å². The van der Waals surface area contributed by atoms with E-state index in [0.717, 1.165) is 5.56 Å². The molecule has 1 aromatic carbocycles. The highest BCUT2D eigenvalue weighted by molar-refractivity contribution is 6.19. The number of hydrogen-bond acceptors (Lipinski definition) is 1. The Morgan fingerprint density at radius 1 is 1.38 bits per heavy atom. The number of benzene rings is 1. The molecule has 70 valence electrons. The predicted octanol–water partition coefficient (Wildman–Crippen LogP) is 1.57. The van der Waals surface area contributed by atoms with Crippen molar-refractivity contribution in [2.24, 2.45) is 11.7 Å². The van der Waals surface area contributed by atoms with Gasteiger partial charge in [0, 0.05) is 5.88 Å². The van der Waals surface area contributed by atoms with Gasteiger partial charge in [-0.05, 0) is 12.0 Å². The SMILES string of the molecule is NC(=O)C(CCl)Cc1ccccc1. The Bertz CT molecular complexity index is 274. The Labute approximate surface area is 82.7 Å². The quantitative estimate of drug-likeness (QED) is 0.732. The summed E-state index contributed by atoms with van der Waals surface area (Å²) in [7, 11) is 0. The number of halogens is 1. The van der Waals surface area contributed by atoms with Crippen LogP contribution in [0.2, 0.25) is 0 Å². The van der Waals surface area contributed by atoms with Gasteiger partial charge in [-0.15, -0.1) is 11.6 Å². The molecular formula is C10H12ClNO. The van der Waals surface area contributed by atoms with E-state index in [1.54, 1.807) is 0 Å². The minimum atomic E-state index is -0.334. The summed E-state index contributed by atoms with van der Waals surface area (Å²) in [6.07, 6.45) is 0.625. The van der Waals surface area contributed by atoms with Crippen molar-refractivity contribution in [3.8, 4) is 0 Å². The van der Waals surface area contributed by atoms with Crippen molar-refractivity contribution in [1.29, 1.82) is 0 Å². The molecule has 1 atom stereocenters. The van der Waals surface area contributed by atoms with Gasteiger partial charge in [-0.25, -0.2) is 0 Å². The maximum atomic E-state index is 10.9. The highest BCUT2D eigenvalue weighted by Gasteiger charge is 2.13. The van der Waals surface area contributed by atoms with Gasteiger partial charge in [0.2, 0.25) is 5.91 Å². The molecule has 2 N–H and O–H groups in total. The van der Waals surface area contributed by atoms with E-state index < -0.39 is 0 Å². The lowest BCUT2D eigenvalue weighted by atomic mass is 10.0. The van der Waals surface area contributed by atoms with Crippen molar-refractivity contribution in [3.05, 3.63) is 35.9 Å². The molecule has 1 unspecified atom stereocenters. The Kier molecular flexibility index (Phi) is 3.77. The van der Waals surface area contributed by atoms with Gasteiger partial charge in [0.15, 0.2) is 0 Å². The summed E-state index contributed by atoms with van der Waals surface area (Å²) in [6, 6.07) is 9.72. The second-order valence-corrected chi connectivity index (χ2v) is 3.25. The van der Waals surface area contributed by atoms with Gasteiger partial charge in [-0.2, -0.15) is 0 Å². The number of amides is 1. The van der Waals surface area contributed by atoms with Crippen LogP contribution in [-0.2, 0) is 11.2 Å². The molecular weight excluding hydrogens is 186 g/mol. The Hall–Kier alpha value is -1.02. The second kappa shape index (κ2) is 4.87. The highest BCUT2D eigenvalue weighted by Crippen LogP contribution is 2.09. The van der Waals surface area contributed by atoms with Crippen molar-refractivity contribution in [1.82, 2.24) is 0 Å². The maximum Gasteiger partial charge on any atom is 0.222 e. The number of primary amides is 1. The largest absolute Gasteiger partial charge is 0.369 e. The topological polar surface area (TPSA) is 43.1 Å². The molecule has 13 heavy (non-hydrogen) atoms. The molecule has 1 aromatic rings. The lowest BCUT2D eigenvalue weighted by molar-refractivity contribution is -0.121. The third kappa shape index (κ3) is 3.07. The van der Waals surface area contributed by atoms with Crippen molar-refractivity contribution in [3.63, 3.8) is 0 Å². The summed E-state index contributed by atoms with van der Waals surface area (Å²) in [6.45, 7) is 0. The molecule has 1 amide bonds. The van der Waals surface area contributed by atoms with Crippen LogP contribution in [0.1, 0.15) is 5.56 Å². The number of nitrogens with two attached hydrogens (primary N) is 1. The lowest BCUT2D eigenvalue weighted by Gasteiger charge is -2.08. The van der Waals surface area contributed by atoms with Crippen molar-refractivity contribution >= 4 is 17.5 Å². The summed E-state index contributed by atoms with van der Waals surface area (Å²) in [5.41, 5.74) is 6.26. The standard InChI is InChI=1S/C10H12ClNO/c11-7-9(10(12)13)6-8-4-2-1-3-5-8/h1-5,9H,6-7H2,(H2,12,13). The van der Waals surface area contributed by atoms with E-state index in [1.165, 1.54) is 0 Å². The predicted molar refractivity (Wildman–Crippen MR) is 53.6 cm³/mol. The second-order valence-electron chi connectivity index (χ2n) is 2.94. The molecule has 0 saturated heterocycles. The van der Waals surface area contributed by atoms with Crippen LogP contribution in [0.4, 0.5) is 0 Å². The highest BCUT2D eigenvalue weighted by atomic mass is 35.5. The molecule has 2 nitrogen and oxygen atoms in total. The smallest absolute Gasteiger partial charge is 0.222 e. The maximum absolute atomic E-state index is 10.9. The molecule has 3 heteroatoms. The third-order valence-corrected chi connectivity index (χ3v) is 2.29. The molecule has 0 aromatic heterocycles. The van der Waals surface area contributed by atoms with Crippen LogP contribution in [0.15, 0.2) is 30.3 Å². The minimum Gasteiger partial charge on any atom is -0.369 e. The lowest BCUT2D eigenvalue weighted by Crippen LogP contribution is -2.26. The summed E-state index contributed by atoms with van der Waals surface area (Å²) in [4.78, 5) is 10.9. The van der Waals surface area contributed by atoms with Gasteiger partial charge in [-0.1, -0.05) is 30.3 Å². The van der Waals surface area contributed by atoms with Gasteiger partial charge in [-0.3, -0.25) is 4.79 Å². The van der Waals surface area contributed by atoms with Crippen LogP contribution in [0.25, 0.3) is 0 Å². The summed E-state index contributed by atoms with van der Waals surface area (Å²) < 4.78 is 0. The number of rotatable bonds is 4. The molecule has 1 rings (SSSR count). The molecule has 0 fully saturated rings. The van der Waals surface area contributed by atoms with Crippen LogP contribution in [0.3, 0.4) is 0 Å². The first kappa shape index (κ1) is 10.1. The fourth-order valence-electron chi connectivity index (χ4n) is 1.13. The van der Waals surface area contributed by atoms with Crippen LogP contribution in [-0.4, -0.2) is 11.8 Å². The number of alkyl halides is 1. The Morgan fingerprint density at radius 2 is 2.00 bits per heavy atom. The van der Waals surface area contributed by atoms with Gasteiger partial charge in [0.25, 0.3) is 0 Å². The van der Waals surface area contributed by atoms with Crippen molar-refractivity contribution in [2.75, 3.05) is 5.88 Å². The van der Waals surface area contributed by atoms with E-state index in [2.05, 4.69) is 0 Å². The first-order valence-electron chi connectivity index (χ1n) is 4.13. The molecule has 0 aliphatic rings. The zero-order valence-corrected chi connectivity index (χ0v) is 8.00. The van der Waals surface area contributed by atoms with E-state index in [9.17, 15) is 4.79 Å². The molecule has 0 radical (unpaired) electrons.